The van der Waals surface area contributed by atoms with Gasteiger partial charge in [-0.2, -0.15) is 0 Å². The minimum Gasteiger partial charge on any atom is -0.496 e. The molecule has 1 aromatic heterocycles. The van der Waals surface area contributed by atoms with Crippen LogP contribution in [0.4, 0.5) is 0 Å². The van der Waals surface area contributed by atoms with E-state index in [-0.39, 0.29) is 6.61 Å². The van der Waals surface area contributed by atoms with Gasteiger partial charge in [0.15, 0.2) is 0 Å². The molecule has 1 heterocycles. The van der Waals surface area contributed by atoms with E-state index >= 15 is 0 Å². The first-order valence-corrected chi connectivity index (χ1v) is 6.98. The summed E-state index contributed by atoms with van der Waals surface area (Å²) < 4.78 is 6.27. The third-order valence-corrected chi connectivity index (χ3v) is 3.94. The maximum atomic E-state index is 9.02. The lowest BCUT2D eigenvalue weighted by Crippen LogP contribution is -2.13. The number of nitrogens with two attached hydrogens (primary N) is 1. The number of rotatable bonds is 4. The molecule has 0 saturated carbocycles. The molecule has 0 aliphatic heterocycles. The summed E-state index contributed by atoms with van der Waals surface area (Å²) in [6, 6.07) is 5.31. The Hall–Kier alpha value is -0.950. The molecule has 18 heavy (non-hydrogen) atoms. The summed E-state index contributed by atoms with van der Waals surface area (Å²) in [5.74, 6) is 0.757. The van der Waals surface area contributed by atoms with Gasteiger partial charge in [-0.3, -0.25) is 0 Å². The van der Waals surface area contributed by atoms with E-state index in [2.05, 4.69) is 20.9 Å². The van der Waals surface area contributed by atoms with Crippen LogP contribution in [-0.2, 0) is 0 Å². The predicted molar refractivity (Wildman–Crippen MR) is 75.8 cm³/mol. The second-order valence-electron chi connectivity index (χ2n) is 3.70. The fraction of sp³-hybridized carbons (Fsp3) is 0.250. The number of halogens is 1. The average molecular weight is 329 g/mol. The normalized spacial score (nSPS) is 12.4. The number of hydrogen-bond acceptors (Lipinski definition) is 5. The van der Waals surface area contributed by atoms with Gasteiger partial charge in [-0.15, -0.1) is 11.3 Å². The molecule has 0 aliphatic carbocycles. The van der Waals surface area contributed by atoms with Gasteiger partial charge in [-0.25, -0.2) is 4.98 Å². The van der Waals surface area contributed by atoms with Crippen LogP contribution in [0.2, 0.25) is 0 Å². The Kier molecular flexibility index (Phi) is 4.34. The van der Waals surface area contributed by atoms with Gasteiger partial charge in [-0.05, 0) is 18.2 Å². The van der Waals surface area contributed by atoms with Crippen LogP contribution in [0.15, 0.2) is 28.1 Å². The number of aliphatic hydroxyl groups is 1. The van der Waals surface area contributed by atoms with Gasteiger partial charge in [0, 0.05) is 15.4 Å². The molecule has 4 nitrogen and oxygen atoms in total. The van der Waals surface area contributed by atoms with Gasteiger partial charge >= 0.3 is 0 Å². The second-order valence-corrected chi connectivity index (χ2v) is 5.51. The number of ether oxygens (including phenoxy) is 1. The summed E-state index contributed by atoms with van der Waals surface area (Å²) in [7, 11) is 1.62. The van der Waals surface area contributed by atoms with Gasteiger partial charge in [0.05, 0.1) is 25.5 Å². The molecule has 0 bridgehead atoms. The van der Waals surface area contributed by atoms with E-state index < -0.39 is 6.04 Å². The molecular weight excluding hydrogens is 316 g/mol. The number of benzene rings is 1. The monoisotopic (exact) mass is 328 g/mol. The Morgan fingerprint density at radius 3 is 3.00 bits per heavy atom. The molecule has 0 aliphatic rings. The Morgan fingerprint density at radius 1 is 1.56 bits per heavy atom. The van der Waals surface area contributed by atoms with Crippen molar-refractivity contribution in [3.63, 3.8) is 0 Å². The van der Waals surface area contributed by atoms with E-state index in [0.29, 0.717) is 0 Å². The molecule has 0 spiro atoms. The van der Waals surface area contributed by atoms with Crippen molar-refractivity contribution in [1.82, 2.24) is 4.98 Å². The van der Waals surface area contributed by atoms with E-state index in [9.17, 15) is 0 Å². The van der Waals surface area contributed by atoms with Gasteiger partial charge in [0.25, 0.3) is 0 Å². The van der Waals surface area contributed by atoms with Gasteiger partial charge in [0.1, 0.15) is 10.8 Å². The van der Waals surface area contributed by atoms with Crippen LogP contribution >= 0.6 is 27.3 Å². The number of aromatic nitrogens is 1. The van der Waals surface area contributed by atoms with Crippen molar-refractivity contribution in [2.75, 3.05) is 13.7 Å². The highest BCUT2D eigenvalue weighted by Gasteiger charge is 2.14. The molecule has 2 rings (SSSR count). The maximum Gasteiger partial charge on any atom is 0.128 e. The van der Waals surface area contributed by atoms with Crippen molar-refractivity contribution in [2.45, 2.75) is 6.04 Å². The minimum absolute atomic E-state index is 0.109. The summed E-state index contributed by atoms with van der Waals surface area (Å²) in [5, 5.41) is 11.7. The zero-order valence-electron chi connectivity index (χ0n) is 9.76. The highest BCUT2D eigenvalue weighted by atomic mass is 79.9. The summed E-state index contributed by atoms with van der Waals surface area (Å²) in [4.78, 5) is 4.43. The Balaban J connectivity index is 2.42. The molecule has 96 valence electrons. The second kappa shape index (κ2) is 5.79. The predicted octanol–water partition coefficient (Wildman–Crippen LogP) is 2.57. The van der Waals surface area contributed by atoms with E-state index in [1.165, 1.54) is 11.3 Å². The zero-order chi connectivity index (χ0) is 13.1. The number of methoxy groups -OCH3 is 1. The smallest absolute Gasteiger partial charge is 0.128 e. The lowest BCUT2D eigenvalue weighted by molar-refractivity contribution is 0.268. The summed E-state index contributed by atoms with van der Waals surface area (Å²) in [6.07, 6.45) is 0. The molecule has 0 amide bonds. The largest absolute Gasteiger partial charge is 0.496 e. The van der Waals surface area contributed by atoms with Crippen LogP contribution in [-0.4, -0.2) is 23.8 Å². The summed E-state index contributed by atoms with van der Waals surface area (Å²) >= 11 is 4.86. The standard InChI is InChI=1S/C12H13BrN2O2S/c1-17-11-3-2-7(13)4-8(11)10-6-18-12(15-10)9(14)5-16/h2-4,6,9,16H,5,14H2,1H3. The van der Waals surface area contributed by atoms with Crippen molar-refractivity contribution in [3.05, 3.63) is 33.1 Å². The first-order valence-electron chi connectivity index (χ1n) is 5.31. The lowest BCUT2D eigenvalue weighted by atomic mass is 10.1. The number of nitrogens with zero attached hydrogens (tertiary/aromatic N) is 1. The Bertz CT molecular complexity index is 545. The van der Waals surface area contributed by atoms with Gasteiger partial charge in [-0.1, -0.05) is 15.9 Å². The maximum absolute atomic E-state index is 9.02. The van der Waals surface area contributed by atoms with Gasteiger partial charge < -0.3 is 15.6 Å². The van der Waals surface area contributed by atoms with Crippen molar-refractivity contribution in [2.24, 2.45) is 5.73 Å². The van der Waals surface area contributed by atoms with Crippen molar-refractivity contribution in [3.8, 4) is 17.0 Å². The summed E-state index contributed by atoms with van der Waals surface area (Å²) in [5.41, 5.74) is 7.45. The molecule has 0 saturated heterocycles. The van der Waals surface area contributed by atoms with E-state index in [4.69, 9.17) is 15.6 Å². The first kappa shape index (κ1) is 13.5. The van der Waals surface area contributed by atoms with Crippen LogP contribution < -0.4 is 10.5 Å². The van der Waals surface area contributed by atoms with E-state index in [0.717, 1.165) is 26.5 Å². The molecule has 0 radical (unpaired) electrons. The van der Waals surface area contributed by atoms with Crippen molar-refractivity contribution >= 4 is 27.3 Å². The number of hydrogen-bond donors (Lipinski definition) is 2. The average Bonchev–Trinajstić information content (AvgIpc) is 2.87. The minimum atomic E-state index is -0.429. The van der Waals surface area contributed by atoms with Crippen LogP contribution in [0.5, 0.6) is 5.75 Å². The quantitative estimate of drug-likeness (QED) is 0.905. The highest BCUT2D eigenvalue weighted by molar-refractivity contribution is 9.10. The molecule has 2 aromatic rings. The molecule has 1 atom stereocenters. The zero-order valence-corrected chi connectivity index (χ0v) is 12.2. The van der Waals surface area contributed by atoms with Crippen LogP contribution in [0.3, 0.4) is 0 Å². The van der Waals surface area contributed by atoms with Crippen LogP contribution in [0.1, 0.15) is 11.0 Å². The van der Waals surface area contributed by atoms with Crippen molar-refractivity contribution in [1.29, 1.82) is 0 Å². The van der Waals surface area contributed by atoms with E-state index in [1.54, 1.807) is 7.11 Å². The van der Waals surface area contributed by atoms with Crippen LogP contribution in [0.25, 0.3) is 11.3 Å². The topological polar surface area (TPSA) is 68.4 Å². The number of thiazole rings is 1. The van der Waals surface area contributed by atoms with Gasteiger partial charge in [0.2, 0.25) is 0 Å². The Labute approximate surface area is 118 Å². The fourth-order valence-corrected chi connectivity index (χ4v) is 2.71. The molecular formula is C12H13BrN2O2S. The molecule has 6 heteroatoms. The molecule has 1 aromatic carbocycles. The summed E-state index contributed by atoms with van der Waals surface area (Å²) in [6.45, 7) is -0.109. The van der Waals surface area contributed by atoms with E-state index in [1.807, 2.05) is 23.6 Å². The Morgan fingerprint density at radius 2 is 2.33 bits per heavy atom. The molecule has 3 N–H and O–H groups in total. The molecule has 1 unspecified atom stereocenters. The number of aliphatic hydroxyl groups excluding tert-OH is 1. The fourth-order valence-electron chi connectivity index (χ4n) is 1.54. The third-order valence-electron chi connectivity index (χ3n) is 2.47. The SMILES string of the molecule is COc1ccc(Br)cc1-c1csc(C(N)CO)n1. The molecule has 0 fully saturated rings. The highest BCUT2D eigenvalue weighted by Crippen LogP contribution is 2.33. The lowest BCUT2D eigenvalue weighted by Gasteiger charge is -2.07. The third kappa shape index (κ3) is 2.72. The first-order chi connectivity index (χ1) is 8.65. The van der Waals surface area contributed by atoms with Crippen molar-refractivity contribution < 1.29 is 9.84 Å². The van der Waals surface area contributed by atoms with Crippen LogP contribution in [0, 0.1) is 0 Å².